The van der Waals surface area contributed by atoms with Gasteiger partial charge in [-0.2, -0.15) is 13.2 Å². The first-order valence-electron chi connectivity index (χ1n) is 6.51. The fraction of sp³-hybridized carbons (Fsp3) is 0.357. The number of fused-ring (bicyclic) bond motifs is 1. The summed E-state index contributed by atoms with van der Waals surface area (Å²) in [5.41, 5.74) is -2.80. The molecule has 1 aliphatic heterocycles. The van der Waals surface area contributed by atoms with Gasteiger partial charge in [0.05, 0.1) is 5.69 Å². The van der Waals surface area contributed by atoms with Gasteiger partial charge in [-0.05, 0) is 40.4 Å². The summed E-state index contributed by atoms with van der Waals surface area (Å²) in [5.74, 6) is 4.85. The number of anilines is 1. The van der Waals surface area contributed by atoms with Crippen LogP contribution >= 0.6 is 21.0 Å². The number of carbonyl (C=O) groups is 1. The zero-order valence-corrected chi connectivity index (χ0v) is 13.1. The molecule has 1 N–H and O–H groups in total. The van der Waals surface area contributed by atoms with Crippen molar-refractivity contribution in [3.63, 3.8) is 0 Å². The number of halogens is 4. The molecule has 3 nitrogen and oxygen atoms in total. The van der Waals surface area contributed by atoms with Gasteiger partial charge in [0.2, 0.25) is 5.54 Å². The summed E-state index contributed by atoms with van der Waals surface area (Å²) in [6, 6.07) is 3.12. The Morgan fingerprint density at radius 1 is 1.41 bits per heavy atom. The fourth-order valence-corrected chi connectivity index (χ4v) is 2.71. The highest BCUT2D eigenvalue weighted by Crippen LogP contribution is 2.47. The van der Waals surface area contributed by atoms with Gasteiger partial charge in [-0.3, -0.25) is 4.67 Å². The Morgan fingerprint density at radius 2 is 2.09 bits per heavy atom. The molecule has 22 heavy (non-hydrogen) atoms. The fourth-order valence-electron chi connectivity index (χ4n) is 2.25. The number of urea groups is 1. The van der Waals surface area contributed by atoms with Crippen LogP contribution < -0.4 is 9.99 Å². The predicted octanol–water partition coefficient (Wildman–Crippen LogP) is 3.83. The highest BCUT2D eigenvalue weighted by molar-refractivity contribution is 7.21. The van der Waals surface area contributed by atoms with Crippen LogP contribution in [0.25, 0.3) is 0 Å². The molecule has 0 saturated heterocycles. The smallest absolute Gasteiger partial charge is 0.309 e. The monoisotopic (exact) mass is 346 g/mol. The zero-order valence-electron chi connectivity index (χ0n) is 11.2. The molecule has 0 radical (unpaired) electrons. The van der Waals surface area contributed by atoms with Gasteiger partial charge in [0, 0.05) is 16.5 Å². The standard InChI is InChI=1S/C14H11ClF3N2OP/c15-9-3-4-11-10(7-9)13(14(16,17)18,6-5-8-1-2-8)19-12(21)20(11)22/h3-4,7-8H,1-2,22H2,(H,19,21)/t13-/m0/s1. The summed E-state index contributed by atoms with van der Waals surface area (Å²) in [5, 5.41) is 2.14. The summed E-state index contributed by atoms with van der Waals surface area (Å²) in [6.45, 7) is 0. The van der Waals surface area contributed by atoms with E-state index in [1.54, 1.807) is 0 Å². The maximum atomic E-state index is 13.8. The van der Waals surface area contributed by atoms with Crippen molar-refractivity contribution >= 4 is 32.7 Å². The summed E-state index contributed by atoms with van der Waals surface area (Å²) >= 11 is 5.86. The van der Waals surface area contributed by atoms with Gasteiger partial charge in [-0.15, -0.1) is 0 Å². The number of hydrogen-bond donors (Lipinski definition) is 1. The topological polar surface area (TPSA) is 32.3 Å². The second kappa shape index (κ2) is 5.04. The summed E-state index contributed by atoms with van der Waals surface area (Å²) in [4.78, 5) is 12.0. The average Bonchev–Trinajstić information content (AvgIpc) is 3.24. The minimum Gasteiger partial charge on any atom is -0.309 e. The van der Waals surface area contributed by atoms with Crippen LogP contribution in [0.2, 0.25) is 5.02 Å². The first-order chi connectivity index (χ1) is 10.2. The lowest BCUT2D eigenvalue weighted by molar-refractivity contribution is -0.178. The maximum Gasteiger partial charge on any atom is 0.427 e. The molecule has 1 unspecified atom stereocenters. The number of nitrogens with zero attached hydrogens (tertiary/aromatic N) is 1. The van der Waals surface area contributed by atoms with Crippen molar-refractivity contribution in [3.05, 3.63) is 28.8 Å². The van der Waals surface area contributed by atoms with Crippen LogP contribution in [0.5, 0.6) is 0 Å². The van der Waals surface area contributed by atoms with Crippen LogP contribution in [0.4, 0.5) is 23.7 Å². The lowest BCUT2D eigenvalue weighted by Gasteiger charge is -2.40. The normalized spacial score (nSPS) is 24.2. The molecule has 8 heteroatoms. The number of hydrogen-bond acceptors (Lipinski definition) is 1. The predicted molar refractivity (Wildman–Crippen MR) is 80.4 cm³/mol. The Hall–Kier alpha value is -1.44. The molecular weight excluding hydrogens is 336 g/mol. The van der Waals surface area contributed by atoms with E-state index < -0.39 is 17.7 Å². The molecule has 0 aromatic heterocycles. The summed E-state index contributed by atoms with van der Waals surface area (Å²) in [6.07, 6.45) is -3.20. The largest absolute Gasteiger partial charge is 0.427 e. The highest BCUT2D eigenvalue weighted by atomic mass is 35.5. The van der Waals surface area contributed by atoms with E-state index in [4.69, 9.17) is 11.6 Å². The number of benzene rings is 1. The first kappa shape index (κ1) is 15.5. The van der Waals surface area contributed by atoms with E-state index in [2.05, 4.69) is 21.2 Å². The van der Waals surface area contributed by atoms with E-state index in [-0.39, 0.29) is 22.2 Å². The quantitative estimate of drug-likeness (QED) is 0.562. The minimum absolute atomic E-state index is 0.0345. The van der Waals surface area contributed by atoms with Crippen molar-refractivity contribution < 1.29 is 18.0 Å². The lowest BCUT2D eigenvalue weighted by atomic mass is 9.86. The van der Waals surface area contributed by atoms with E-state index in [0.29, 0.717) is 0 Å². The van der Waals surface area contributed by atoms with Crippen LogP contribution in [-0.2, 0) is 5.54 Å². The van der Waals surface area contributed by atoms with Crippen molar-refractivity contribution in [3.8, 4) is 11.8 Å². The summed E-state index contributed by atoms with van der Waals surface area (Å²) in [7, 11) is 2.09. The Labute approximate surface area is 132 Å². The van der Waals surface area contributed by atoms with Crippen molar-refractivity contribution in [2.75, 3.05) is 4.67 Å². The second-order valence-corrected chi connectivity index (χ2v) is 6.21. The van der Waals surface area contributed by atoms with E-state index >= 15 is 0 Å². The number of nitrogens with one attached hydrogen (secondary N) is 1. The van der Waals surface area contributed by atoms with Crippen LogP contribution in [0, 0.1) is 17.8 Å². The van der Waals surface area contributed by atoms with E-state index in [1.807, 2.05) is 5.32 Å². The van der Waals surface area contributed by atoms with Gasteiger partial charge in [-0.25, -0.2) is 4.79 Å². The van der Waals surface area contributed by atoms with Gasteiger partial charge < -0.3 is 5.32 Å². The van der Waals surface area contributed by atoms with Gasteiger partial charge in [0.15, 0.2) is 0 Å². The molecule has 1 aliphatic carbocycles. The van der Waals surface area contributed by atoms with Crippen molar-refractivity contribution in [1.82, 2.24) is 5.32 Å². The number of carbonyl (C=O) groups excluding carboxylic acids is 1. The van der Waals surface area contributed by atoms with Crippen LogP contribution in [0.3, 0.4) is 0 Å². The Bertz CT molecular complexity index is 708. The van der Waals surface area contributed by atoms with Gasteiger partial charge in [0.1, 0.15) is 0 Å². The maximum absolute atomic E-state index is 13.8. The molecule has 1 saturated carbocycles. The van der Waals surface area contributed by atoms with Crippen molar-refractivity contribution in [2.24, 2.45) is 5.92 Å². The molecule has 116 valence electrons. The minimum atomic E-state index is -4.77. The Morgan fingerprint density at radius 3 is 2.68 bits per heavy atom. The molecule has 2 aliphatic rings. The van der Waals surface area contributed by atoms with Gasteiger partial charge >= 0.3 is 12.2 Å². The zero-order chi connectivity index (χ0) is 16.1. The Balaban J connectivity index is 2.25. The SMILES string of the molecule is O=C1N[C@](C#CC2CC2)(C(F)(F)F)c2cc(Cl)ccc2N1P. The number of amides is 2. The molecule has 2 amide bonds. The third-order valence-electron chi connectivity index (χ3n) is 3.60. The van der Waals surface area contributed by atoms with E-state index in [0.717, 1.165) is 17.5 Å². The van der Waals surface area contributed by atoms with Crippen molar-refractivity contribution in [1.29, 1.82) is 0 Å². The molecule has 1 aromatic carbocycles. The molecule has 1 fully saturated rings. The molecule has 3 rings (SSSR count). The van der Waals surface area contributed by atoms with E-state index in [9.17, 15) is 18.0 Å². The number of alkyl halides is 3. The molecule has 0 spiro atoms. The van der Waals surface area contributed by atoms with Crippen LogP contribution in [0.1, 0.15) is 18.4 Å². The van der Waals surface area contributed by atoms with Gasteiger partial charge in [0.25, 0.3) is 0 Å². The molecule has 0 bridgehead atoms. The second-order valence-electron chi connectivity index (χ2n) is 5.25. The van der Waals surface area contributed by atoms with Crippen LogP contribution in [0.15, 0.2) is 18.2 Å². The van der Waals surface area contributed by atoms with Gasteiger partial charge in [-0.1, -0.05) is 23.4 Å². The number of rotatable bonds is 0. The average molecular weight is 347 g/mol. The van der Waals surface area contributed by atoms with E-state index in [1.165, 1.54) is 18.2 Å². The molecular formula is C14H11ClF3N2OP. The highest BCUT2D eigenvalue weighted by Gasteiger charge is 2.60. The third kappa shape index (κ3) is 2.43. The lowest BCUT2D eigenvalue weighted by Crippen LogP contribution is -2.60. The van der Waals surface area contributed by atoms with Crippen LogP contribution in [-0.4, -0.2) is 12.2 Å². The first-order valence-corrected chi connectivity index (χ1v) is 7.40. The molecule has 2 atom stereocenters. The third-order valence-corrected chi connectivity index (χ3v) is 4.35. The molecule has 1 aromatic rings. The summed E-state index contributed by atoms with van der Waals surface area (Å²) < 4.78 is 42.4. The molecule has 1 heterocycles. The van der Waals surface area contributed by atoms with Crippen molar-refractivity contribution in [2.45, 2.75) is 24.6 Å². The Kier molecular flexibility index (Phi) is 3.54.